The fraction of sp³-hybridized carbons (Fsp3) is 0.867. The van der Waals surface area contributed by atoms with E-state index in [9.17, 15) is 18.0 Å². The molecule has 2 N–H and O–H groups in total. The van der Waals surface area contributed by atoms with Crippen LogP contribution in [0.1, 0.15) is 44.9 Å². The Kier molecular flexibility index (Phi) is 6.14. The van der Waals surface area contributed by atoms with Gasteiger partial charge in [0.15, 0.2) is 0 Å². The molecule has 3 rings (SSSR count). The standard InChI is InChI=1S/C15H24N2O5S.ClH/c1-22-15(19)10-4-2-3-5-13(10)23(20,21)17-14(18)11-8-9-6-7-12(11)16-9;/h9-13,16H,2-8H2,1H3,(H,17,18);1H/t9-,10+,11+,12+,13-;/m0./s1. The van der Waals surface area contributed by atoms with Crippen molar-refractivity contribution in [2.24, 2.45) is 11.8 Å². The maximum absolute atomic E-state index is 12.6. The molecule has 0 radical (unpaired) electrons. The molecule has 9 heteroatoms. The van der Waals surface area contributed by atoms with E-state index in [1.807, 2.05) is 0 Å². The Morgan fingerprint density at radius 2 is 1.79 bits per heavy atom. The predicted molar refractivity (Wildman–Crippen MR) is 90.1 cm³/mol. The SMILES string of the molecule is COC(=O)[C@@H]1CCCC[C@@H]1S(=O)(=O)NC(=O)[C@@H]1C[C@@H]2CC[C@H]1N2.Cl. The van der Waals surface area contributed by atoms with Crippen LogP contribution in [0, 0.1) is 11.8 Å². The third-order valence-electron chi connectivity index (χ3n) is 5.48. The highest BCUT2D eigenvalue weighted by atomic mass is 35.5. The van der Waals surface area contributed by atoms with E-state index in [1.165, 1.54) is 7.11 Å². The van der Waals surface area contributed by atoms with Gasteiger partial charge in [0.2, 0.25) is 15.9 Å². The molecule has 2 saturated heterocycles. The average Bonchev–Trinajstić information content (AvgIpc) is 3.16. The van der Waals surface area contributed by atoms with E-state index in [1.54, 1.807) is 0 Å². The molecule has 2 aliphatic heterocycles. The number of halogens is 1. The number of methoxy groups -OCH3 is 1. The topological polar surface area (TPSA) is 102 Å². The van der Waals surface area contributed by atoms with E-state index in [0.717, 1.165) is 25.7 Å². The zero-order valence-electron chi connectivity index (χ0n) is 13.7. The molecule has 5 atom stereocenters. The number of sulfonamides is 1. The van der Waals surface area contributed by atoms with E-state index in [-0.39, 0.29) is 24.4 Å². The normalized spacial score (nSPS) is 35.1. The molecule has 3 fully saturated rings. The minimum atomic E-state index is -3.87. The van der Waals surface area contributed by atoms with E-state index < -0.39 is 33.1 Å². The van der Waals surface area contributed by atoms with Crippen molar-refractivity contribution in [2.75, 3.05) is 7.11 Å². The maximum atomic E-state index is 12.6. The van der Waals surface area contributed by atoms with Crippen molar-refractivity contribution in [1.82, 2.24) is 10.0 Å². The number of amides is 1. The van der Waals surface area contributed by atoms with Crippen molar-refractivity contribution in [2.45, 2.75) is 62.3 Å². The van der Waals surface area contributed by atoms with Crippen LogP contribution < -0.4 is 10.0 Å². The minimum absolute atomic E-state index is 0. The van der Waals surface area contributed by atoms with Crippen LogP contribution in [0.25, 0.3) is 0 Å². The Balaban J connectivity index is 0.00000208. The summed E-state index contributed by atoms with van der Waals surface area (Å²) < 4.78 is 32.2. The number of hydrogen-bond donors (Lipinski definition) is 2. The molecule has 3 aliphatic rings. The van der Waals surface area contributed by atoms with Gasteiger partial charge in [-0.3, -0.25) is 14.3 Å². The van der Waals surface area contributed by atoms with Gasteiger partial charge in [0.05, 0.1) is 24.2 Å². The molecule has 138 valence electrons. The summed E-state index contributed by atoms with van der Waals surface area (Å²) in [6.45, 7) is 0. The second kappa shape index (κ2) is 7.58. The van der Waals surface area contributed by atoms with Crippen LogP contribution >= 0.6 is 12.4 Å². The number of rotatable bonds is 4. The highest BCUT2D eigenvalue weighted by Gasteiger charge is 2.46. The van der Waals surface area contributed by atoms with Gasteiger partial charge in [0, 0.05) is 12.1 Å². The summed E-state index contributed by atoms with van der Waals surface area (Å²) in [6.07, 6.45) is 5.07. The average molecular weight is 381 g/mol. The van der Waals surface area contributed by atoms with E-state index in [4.69, 9.17) is 4.74 Å². The molecular weight excluding hydrogens is 356 g/mol. The molecule has 0 aromatic carbocycles. The van der Waals surface area contributed by atoms with Gasteiger partial charge >= 0.3 is 5.97 Å². The van der Waals surface area contributed by atoms with Crippen LogP contribution in [-0.4, -0.2) is 44.7 Å². The lowest BCUT2D eigenvalue weighted by Crippen LogP contribution is -2.48. The summed E-state index contributed by atoms with van der Waals surface area (Å²) in [5.41, 5.74) is 0. The maximum Gasteiger partial charge on any atom is 0.310 e. The number of esters is 1. The number of carbonyl (C=O) groups excluding carboxylic acids is 2. The first-order valence-electron chi connectivity index (χ1n) is 8.31. The van der Waals surface area contributed by atoms with E-state index in [0.29, 0.717) is 25.3 Å². The summed E-state index contributed by atoms with van der Waals surface area (Å²) in [7, 11) is -2.61. The second-order valence-corrected chi connectivity index (χ2v) is 8.75. The summed E-state index contributed by atoms with van der Waals surface area (Å²) in [4.78, 5) is 24.3. The van der Waals surface area contributed by atoms with Crippen LogP contribution in [0.2, 0.25) is 0 Å². The quantitative estimate of drug-likeness (QED) is 0.697. The summed E-state index contributed by atoms with van der Waals surface area (Å²) in [6, 6.07) is 0.411. The lowest BCUT2D eigenvalue weighted by Gasteiger charge is -2.30. The predicted octanol–water partition coefficient (Wildman–Crippen LogP) is 0.726. The number of nitrogens with one attached hydrogen (secondary N) is 2. The van der Waals surface area contributed by atoms with Gasteiger partial charge in [-0.15, -0.1) is 12.4 Å². The molecule has 24 heavy (non-hydrogen) atoms. The van der Waals surface area contributed by atoms with Crippen molar-refractivity contribution >= 4 is 34.3 Å². The zero-order valence-corrected chi connectivity index (χ0v) is 15.3. The molecule has 1 saturated carbocycles. The largest absolute Gasteiger partial charge is 0.469 e. The number of hydrogen-bond acceptors (Lipinski definition) is 6. The summed E-state index contributed by atoms with van der Waals surface area (Å²) in [5, 5.41) is 2.45. The van der Waals surface area contributed by atoms with Crippen molar-refractivity contribution in [1.29, 1.82) is 0 Å². The third kappa shape index (κ3) is 3.70. The lowest BCUT2D eigenvalue weighted by molar-refractivity contribution is -0.146. The van der Waals surface area contributed by atoms with Gasteiger partial charge in [-0.05, 0) is 32.1 Å². The Morgan fingerprint density at radius 3 is 2.38 bits per heavy atom. The zero-order chi connectivity index (χ0) is 16.6. The molecule has 0 aromatic rings. The Bertz CT molecular complexity index is 597. The molecule has 7 nitrogen and oxygen atoms in total. The van der Waals surface area contributed by atoms with Gasteiger partial charge in [-0.25, -0.2) is 8.42 Å². The molecule has 2 bridgehead atoms. The molecular formula is C15H25ClN2O5S. The smallest absolute Gasteiger partial charge is 0.310 e. The second-order valence-electron chi connectivity index (χ2n) is 6.85. The van der Waals surface area contributed by atoms with Gasteiger partial charge in [-0.2, -0.15) is 0 Å². The highest BCUT2D eigenvalue weighted by Crippen LogP contribution is 2.34. The Morgan fingerprint density at radius 1 is 1.08 bits per heavy atom. The summed E-state index contributed by atoms with van der Waals surface area (Å²) in [5.74, 6) is -1.91. The number of fused-ring (bicyclic) bond motifs is 2. The molecule has 0 spiro atoms. The van der Waals surface area contributed by atoms with Gasteiger partial charge in [0.1, 0.15) is 0 Å². The first-order valence-corrected chi connectivity index (χ1v) is 9.86. The Hall–Kier alpha value is -0.860. The van der Waals surface area contributed by atoms with Gasteiger partial charge < -0.3 is 10.1 Å². The van der Waals surface area contributed by atoms with Crippen molar-refractivity contribution in [3.8, 4) is 0 Å². The van der Waals surface area contributed by atoms with Crippen molar-refractivity contribution in [3.05, 3.63) is 0 Å². The number of ether oxygens (including phenoxy) is 1. The Labute approximate surface area is 148 Å². The summed E-state index contributed by atoms with van der Waals surface area (Å²) >= 11 is 0. The van der Waals surface area contributed by atoms with Crippen molar-refractivity contribution in [3.63, 3.8) is 0 Å². The number of carbonyl (C=O) groups is 2. The minimum Gasteiger partial charge on any atom is -0.469 e. The first-order chi connectivity index (χ1) is 10.9. The van der Waals surface area contributed by atoms with E-state index >= 15 is 0 Å². The highest BCUT2D eigenvalue weighted by molar-refractivity contribution is 7.90. The third-order valence-corrected chi connectivity index (χ3v) is 7.33. The molecule has 1 amide bonds. The molecule has 0 aromatic heterocycles. The first kappa shape index (κ1) is 19.5. The van der Waals surface area contributed by atoms with Crippen LogP contribution in [0.15, 0.2) is 0 Å². The van der Waals surface area contributed by atoms with Crippen molar-refractivity contribution < 1.29 is 22.7 Å². The van der Waals surface area contributed by atoms with Crippen LogP contribution in [0.3, 0.4) is 0 Å². The van der Waals surface area contributed by atoms with Gasteiger partial charge in [0.25, 0.3) is 0 Å². The van der Waals surface area contributed by atoms with E-state index in [2.05, 4.69) is 10.0 Å². The fourth-order valence-corrected chi connectivity index (χ4v) is 6.03. The van der Waals surface area contributed by atoms with Crippen LogP contribution in [0.5, 0.6) is 0 Å². The lowest BCUT2D eigenvalue weighted by atomic mass is 9.89. The molecule has 1 aliphatic carbocycles. The monoisotopic (exact) mass is 380 g/mol. The fourth-order valence-electron chi connectivity index (χ4n) is 4.29. The molecule has 2 heterocycles. The van der Waals surface area contributed by atoms with Crippen LogP contribution in [-0.2, 0) is 24.3 Å². The van der Waals surface area contributed by atoms with Crippen LogP contribution in [0.4, 0.5) is 0 Å². The van der Waals surface area contributed by atoms with Gasteiger partial charge in [-0.1, -0.05) is 12.8 Å². The molecule has 0 unspecified atom stereocenters.